The first-order valence-corrected chi connectivity index (χ1v) is 6.86. The van der Waals surface area contributed by atoms with E-state index in [-0.39, 0.29) is 13.2 Å². The molecule has 0 saturated carbocycles. The fraction of sp³-hybridized carbons (Fsp3) is 0.400. The highest BCUT2D eigenvalue weighted by Gasteiger charge is 2.42. The summed E-state index contributed by atoms with van der Waals surface area (Å²) in [4.78, 5) is 10.0. The second kappa shape index (κ2) is 5.63. The van der Waals surface area contributed by atoms with Gasteiger partial charge in [0.05, 0.1) is 5.19 Å². The molecule has 0 heterocycles. The summed E-state index contributed by atoms with van der Waals surface area (Å²) in [5.74, 6) is -3.66. The van der Waals surface area contributed by atoms with Crippen LogP contribution in [-0.4, -0.2) is 26.8 Å². The summed E-state index contributed by atoms with van der Waals surface area (Å²) in [5, 5.41) is -0.458. The summed E-state index contributed by atoms with van der Waals surface area (Å²) < 4.78 is 49.2. The molecule has 0 aromatic heterocycles. The molecule has 0 atom stereocenters. The summed E-state index contributed by atoms with van der Waals surface area (Å²) in [7, 11) is -4.01. The third-order valence-corrected chi connectivity index (χ3v) is 4.45. The Labute approximate surface area is 98.2 Å². The zero-order valence-electron chi connectivity index (χ0n) is 9.47. The van der Waals surface area contributed by atoms with E-state index in [1.165, 1.54) is 0 Å². The van der Waals surface area contributed by atoms with Crippen molar-refractivity contribution in [3.05, 3.63) is 29.6 Å². The molecule has 0 amide bonds. The van der Waals surface area contributed by atoms with E-state index in [9.17, 15) is 18.0 Å². The van der Waals surface area contributed by atoms with E-state index in [4.69, 9.17) is 8.85 Å². The molecule has 0 unspecified atom stereocenters. The average Bonchev–Trinajstić information content (AvgIpc) is 2.24. The molecule has 1 aromatic carbocycles. The molecule has 0 spiro atoms. The Morgan fingerprint density at radius 3 is 1.94 bits per heavy atom. The fourth-order valence-electron chi connectivity index (χ4n) is 1.35. The van der Waals surface area contributed by atoms with Gasteiger partial charge in [0.15, 0.2) is 11.6 Å². The number of halogens is 3. The largest absolute Gasteiger partial charge is 0.537 e. The van der Waals surface area contributed by atoms with Gasteiger partial charge in [0.1, 0.15) is 5.82 Å². The molecule has 0 fully saturated rings. The minimum atomic E-state index is -4.01. The summed E-state index contributed by atoms with van der Waals surface area (Å²) in [6, 6.07) is 0.933. The molecule has 1 aromatic rings. The van der Waals surface area contributed by atoms with Crippen LogP contribution < -0.4 is 5.19 Å². The molecule has 0 aliphatic rings. The van der Waals surface area contributed by atoms with Gasteiger partial charge in [-0.2, -0.15) is 0 Å². The Kier molecular flexibility index (Phi) is 4.69. The molecule has 0 aliphatic carbocycles. The number of benzene rings is 1. The van der Waals surface area contributed by atoms with Crippen molar-refractivity contribution < 1.29 is 26.8 Å². The van der Waals surface area contributed by atoms with E-state index < -0.39 is 31.4 Å². The van der Waals surface area contributed by atoms with Crippen LogP contribution in [0.4, 0.5) is 13.2 Å². The van der Waals surface area contributed by atoms with Gasteiger partial charge in [0.25, 0.3) is 0 Å². The zero-order valence-corrected chi connectivity index (χ0v) is 10.5. The summed E-state index contributed by atoms with van der Waals surface area (Å²) >= 11 is 0. The topological polar surface area (TPSA) is 38.7 Å². The molecule has 96 valence electrons. The fourth-order valence-corrected chi connectivity index (χ4v) is 3.21. The molecule has 0 bridgehead atoms. The van der Waals surface area contributed by atoms with E-state index in [1.807, 2.05) is 0 Å². The Balaban J connectivity index is 3.22. The lowest BCUT2D eigenvalue weighted by atomic mass is 10.3. The van der Waals surface area contributed by atoms with Crippen molar-refractivity contribution >= 4 is 14.0 Å². The van der Waals surface area contributed by atoms with Crippen LogP contribution in [0.1, 0.15) is 13.8 Å². The lowest BCUT2D eigenvalue weighted by Gasteiger charge is -2.23. The minimum absolute atomic E-state index is 0.0706. The van der Waals surface area contributed by atoms with Crippen molar-refractivity contribution in [1.82, 2.24) is 0 Å². The predicted octanol–water partition coefficient (Wildman–Crippen LogP) is 1.32. The van der Waals surface area contributed by atoms with Crippen molar-refractivity contribution in [2.45, 2.75) is 13.8 Å². The van der Waals surface area contributed by atoms with E-state index in [0.717, 1.165) is 0 Å². The average molecular weight is 266 g/mol. The highest BCUT2D eigenvalue weighted by molar-refractivity contribution is 6.74. The van der Waals surface area contributed by atoms with Gasteiger partial charge in [-0.3, -0.25) is 0 Å². The van der Waals surface area contributed by atoms with E-state index in [2.05, 4.69) is 0 Å². The molecule has 7 heteroatoms. The monoisotopic (exact) mass is 266 g/mol. The normalized spacial score (nSPS) is 11.9. The zero-order chi connectivity index (χ0) is 13.1. The third kappa shape index (κ3) is 3.06. The third-order valence-electron chi connectivity index (χ3n) is 2.03. The molecule has 17 heavy (non-hydrogen) atoms. The van der Waals surface area contributed by atoms with Crippen molar-refractivity contribution in [3.63, 3.8) is 0 Å². The Hall–Kier alpha value is -0.893. The van der Waals surface area contributed by atoms with Crippen LogP contribution in [-0.2, 0) is 8.85 Å². The van der Waals surface area contributed by atoms with E-state index >= 15 is 0 Å². The van der Waals surface area contributed by atoms with E-state index in [0.29, 0.717) is 12.1 Å². The van der Waals surface area contributed by atoms with Crippen LogP contribution in [0.15, 0.2) is 12.1 Å². The van der Waals surface area contributed by atoms with Crippen molar-refractivity contribution in [3.8, 4) is 0 Å². The summed E-state index contributed by atoms with van der Waals surface area (Å²) in [5.41, 5.74) is 0. The molecule has 1 rings (SSSR count). The van der Waals surface area contributed by atoms with Gasteiger partial charge in [0.2, 0.25) is 0 Å². The van der Waals surface area contributed by atoms with Gasteiger partial charge in [-0.25, -0.2) is 13.2 Å². The summed E-state index contributed by atoms with van der Waals surface area (Å²) in [6.45, 7) is 3.30. The molecule has 3 nitrogen and oxygen atoms in total. The van der Waals surface area contributed by atoms with Gasteiger partial charge in [-0.05, 0) is 19.9 Å². The highest BCUT2D eigenvalue weighted by atomic mass is 28.4. The predicted molar refractivity (Wildman–Crippen MR) is 57.2 cm³/mol. The second-order valence-electron chi connectivity index (χ2n) is 3.19. The maximum absolute atomic E-state index is 13.5. The molecule has 1 N–H and O–H groups in total. The molecule has 0 radical (unpaired) electrons. The van der Waals surface area contributed by atoms with Crippen LogP contribution in [0.5, 0.6) is 0 Å². The lowest BCUT2D eigenvalue weighted by Crippen LogP contribution is -2.56. The first kappa shape index (κ1) is 14.2. The van der Waals surface area contributed by atoms with Crippen molar-refractivity contribution in [1.29, 1.82) is 0 Å². The molecular formula is C10H13F3O3Si. The smallest absolute Gasteiger partial charge is 0.386 e. The van der Waals surface area contributed by atoms with Crippen molar-refractivity contribution in [2.75, 3.05) is 13.2 Å². The van der Waals surface area contributed by atoms with Gasteiger partial charge in [-0.15, -0.1) is 0 Å². The SMILES string of the molecule is CCO[Si](O)(OCC)c1cc(F)c(F)cc1F. The number of hydrogen-bond donors (Lipinski definition) is 1. The lowest BCUT2D eigenvalue weighted by molar-refractivity contribution is 0.123. The quantitative estimate of drug-likeness (QED) is 0.645. The van der Waals surface area contributed by atoms with Gasteiger partial charge in [-0.1, -0.05) is 0 Å². The second-order valence-corrected chi connectivity index (χ2v) is 5.47. The van der Waals surface area contributed by atoms with Gasteiger partial charge < -0.3 is 13.6 Å². The van der Waals surface area contributed by atoms with Crippen LogP contribution in [0.2, 0.25) is 0 Å². The minimum Gasteiger partial charge on any atom is -0.386 e. The Bertz CT molecular complexity index is 395. The maximum Gasteiger partial charge on any atom is 0.537 e. The summed E-state index contributed by atoms with van der Waals surface area (Å²) in [6.07, 6.45) is 0. The molecule has 0 aliphatic heterocycles. The molecule has 0 saturated heterocycles. The molecular weight excluding hydrogens is 253 g/mol. The van der Waals surface area contributed by atoms with Crippen molar-refractivity contribution in [2.24, 2.45) is 0 Å². The highest BCUT2D eigenvalue weighted by Crippen LogP contribution is 2.12. The number of hydrogen-bond acceptors (Lipinski definition) is 3. The number of rotatable bonds is 5. The standard InChI is InChI=1S/C10H13F3O3Si/c1-3-15-17(14,16-4-2)10-6-8(12)7(11)5-9(10)13/h5-6,14H,3-4H2,1-2H3. The van der Waals surface area contributed by atoms with Crippen LogP contribution in [0.3, 0.4) is 0 Å². The Morgan fingerprint density at radius 1 is 1.00 bits per heavy atom. The van der Waals surface area contributed by atoms with Crippen LogP contribution in [0.25, 0.3) is 0 Å². The van der Waals surface area contributed by atoms with Gasteiger partial charge >= 0.3 is 8.80 Å². The van der Waals surface area contributed by atoms with Crippen LogP contribution >= 0.6 is 0 Å². The van der Waals surface area contributed by atoms with E-state index in [1.54, 1.807) is 13.8 Å². The first-order valence-electron chi connectivity index (χ1n) is 5.10. The maximum atomic E-state index is 13.5. The Morgan fingerprint density at radius 2 is 1.47 bits per heavy atom. The first-order chi connectivity index (χ1) is 7.94. The van der Waals surface area contributed by atoms with Crippen LogP contribution in [0, 0.1) is 17.5 Å². The van der Waals surface area contributed by atoms with Gasteiger partial charge in [0, 0.05) is 19.3 Å².